The molecule has 0 saturated heterocycles. The number of anilines is 3. The van der Waals surface area contributed by atoms with Gasteiger partial charge in [0.25, 0.3) is 0 Å². The zero-order valence-corrected chi connectivity index (χ0v) is 36.4. The van der Waals surface area contributed by atoms with Crippen molar-refractivity contribution in [2.75, 3.05) is 4.90 Å². The zero-order chi connectivity index (χ0) is 43.9. The van der Waals surface area contributed by atoms with Gasteiger partial charge >= 0.3 is 0 Å². The lowest BCUT2D eigenvalue weighted by Gasteiger charge is -2.34. The Kier molecular flexibility index (Phi) is 9.81. The van der Waals surface area contributed by atoms with Crippen LogP contribution >= 0.6 is 0 Å². The molecule has 0 aromatic heterocycles. The monoisotopic (exact) mass is 839 g/mol. The van der Waals surface area contributed by atoms with E-state index in [2.05, 4.69) is 278 Å². The van der Waals surface area contributed by atoms with Crippen LogP contribution in [0.4, 0.5) is 17.1 Å². The maximum atomic E-state index is 2.41. The quantitative estimate of drug-likeness (QED) is 0.140. The van der Waals surface area contributed by atoms with Crippen molar-refractivity contribution in [3.05, 3.63) is 295 Å². The number of nitrogens with zero attached hydrogens (tertiary/aromatic N) is 1. The maximum Gasteiger partial charge on any atom is 0.0713 e. The molecule has 11 aromatic rings. The average Bonchev–Trinajstić information content (AvgIpc) is 3.71. The first kappa shape index (κ1) is 39.1. The molecule has 1 heteroatoms. The van der Waals surface area contributed by atoms with Crippen LogP contribution < -0.4 is 4.90 Å². The van der Waals surface area contributed by atoms with Crippen LogP contribution in [0, 0.1) is 0 Å². The van der Waals surface area contributed by atoms with E-state index in [1.54, 1.807) is 0 Å². The van der Waals surface area contributed by atoms with Crippen molar-refractivity contribution >= 4 is 27.8 Å². The minimum Gasteiger partial charge on any atom is -0.310 e. The van der Waals surface area contributed by atoms with Gasteiger partial charge in [0, 0.05) is 16.9 Å². The maximum absolute atomic E-state index is 2.41. The van der Waals surface area contributed by atoms with Gasteiger partial charge < -0.3 is 4.90 Å². The summed E-state index contributed by atoms with van der Waals surface area (Å²) < 4.78 is 0. The highest BCUT2D eigenvalue weighted by molar-refractivity contribution is 5.96. The molecule has 0 atom stereocenters. The van der Waals surface area contributed by atoms with Crippen LogP contribution in [-0.2, 0) is 5.41 Å². The van der Waals surface area contributed by atoms with Gasteiger partial charge in [-0.3, -0.25) is 0 Å². The second kappa shape index (κ2) is 16.6. The van der Waals surface area contributed by atoms with Crippen molar-refractivity contribution in [3.63, 3.8) is 0 Å². The van der Waals surface area contributed by atoms with Gasteiger partial charge in [-0.2, -0.15) is 0 Å². The Balaban J connectivity index is 0.987. The molecule has 0 saturated carbocycles. The highest BCUT2D eigenvalue weighted by Crippen LogP contribution is 2.58. The Hall–Kier alpha value is -8.52. The normalized spacial score (nSPS) is 12.4. The van der Waals surface area contributed by atoms with Crippen LogP contribution in [-0.4, -0.2) is 0 Å². The van der Waals surface area contributed by atoms with E-state index in [0.29, 0.717) is 0 Å². The Morgan fingerprint density at radius 2 is 0.697 bits per heavy atom. The van der Waals surface area contributed by atoms with Crippen molar-refractivity contribution in [2.45, 2.75) is 5.41 Å². The molecule has 0 amide bonds. The van der Waals surface area contributed by atoms with Crippen molar-refractivity contribution in [1.82, 2.24) is 0 Å². The molecule has 0 radical (unpaired) electrons. The van der Waals surface area contributed by atoms with E-state index in [0.717, 1.165) is 22.6 Å². The third kappa shape index (κ3) is 6.64. The SMILES string of the molecule is c1ccc(-c2ccc(-c3ccccc3N(c3ccc(-c4ccc5ccccc5c4)cc3)c3ccc(-c4cccc5c4-c4ccccc4C5(c4ccccc4)c4ccccc4)cc3)cc2)cc1. The topological polar surface area (TPSA) is 3.24 Å². The molecule has 1 nitrogen and oxygen atoms in total. The second-order valence-corrected chi connectivity index (χ2v) is 17.2. The molecule has 310 valence electrons. The van der Waals surface area contributed by atoms with Gasteiger partial charge in [-0.1, -0.05) is 237 Å². The average molecular weight is 840 g/mol. The van der Waals surface area contributed by atoms with Gasteiger partial charge in [-0.05, 0) is 119 Å². The van der Waals surface area contributed by atoms with Crippen LogP contribution in [0.5, 0.6) is 0 Å². The molecule has 0 fully saturated rings. The molecule has 0 aliphatic heterocycles. The number of para-hydroxylation sites is 1. The highest BCUT2D eigenvalue weighted by Gasteiger charge is 2.46. The van der Waals surface area contributed by atoms with Crippen molar-refractivity contribution in [2.24, 2.45) is 0 Å². The fourth-order valence-corrected chi connectivity index (χ4v) is 10.5. The summed E-state index contributed by atoms with van der Waals surface area (Å²) in [5.74, 6) is 0. The first-order valence-corrected chi connectivity index (χ1v) is 22.8. The fourth-order valence-electron chi connectivity index (χ4n) is 10.5. The molecule has 1 aliphatic rings. The predicted molar refractivity (Wildman–Crippen MR) is 278 cm³/mol. The standard InChI is InChI=1S/C65H45N/c1-4-17-46(18-5-1)48-31-34-50(35-32-48)58-25-13-15-30-63(58)66(56-41-37-49(38-42-56)53-36-33-47-19-10-11-20-52(47)45-53)57-43-39-51(40-44-57)59-27-16-29-62-64(59)60-26-12-14-28-61(60)65(62,54-21-6-2-7-22-54)55-23-8-3-9-24-55/h1-45H. The lowest BCUT2D eigenvalue weighted by molar-refractivity contribution is 0.768. The summed E-state index contributed by atoms with van der Waals surface area (Å²) in [6.45, 7) is 0. The molecule has 12 rings (SSSR count). The van der Waals surface area contributed by atoms with E-state index in [4.69, 9.17) is 0 Å². The van der Waals surface area contributed by atoms with Gasteiger partial charge in [0.15, 0.2) is 0 Å². The highest BCUT2D eigenvalue weighted by atomic mass is 15.1. The Morgan fingerprint density at radius 1 is 0.258 bits per heavy atom. The number of fused-ring (bicyclic) bond motifs is 4. The Bertz CT molecular complexity index is 3440. The van der Waals surface area contributed by atoms with Crippen LogP contribution in [0.1, 0.15) is 22.3 Å². The summed E-state index contributed by atoms with van der Waals surface area (Å²) >= 11 is 0. The van der Waals surface area contributed by atoms with Crippen LogP contribution in [0.25, 0.3) is 66.4 Å². The molecular weight excluding hydrogens is 795 g/mol. The molecule has 1 aliphatic carbocycles. The molecule has 66 heavy (non-hydrogen) atoms. The van der Waals surface area contributed by atoms with E-state index in [-0.39, 0.29) is 0 Å². The number of hydrogen-bond donors (Lipinski definition) is 0. The van der Waals surface area contributed by atoms with Gasteiger partial charge in [0.2, 0.25) is 0 Å². The first-order chi connectivity index (χ1) is 32.7. The molecule has 0 bridgehead atoms. The third-order valence-electron chi connectivity index (χ3n) is 13.6. The molecule has 0 heterocycles. The van der Waals surface area contributed by atoms with Gasteiger partial charge in [0.1, 0.15) is 0 Å². The zero-order valence-electron chi connectivity index (χ0n) is 36.4. The summed E-state index contributed by atoms with van der Waals surface area (Å²) in [4.78, 5) is 2.41. The van der Waals surface area contributed by atoms with Crippen LogP contribution in [0.15, 0.2) is 273 Å². The molecule has 0 N–H and O–H groups in total. The molecular formula is C65H45N. The van der Waals surface area contributed by atoms with E-state index in [9.17, 15) is 0 Å². The summed E-state index contributed by atoms with van der Waals surface area (Å²) in [5.41, 5.74) is 20.1. The molecule has 11 aromatic carbocycles. The van der Waals surface area contributed by atoms with Gasteiger partial charge in [-0.15, -0.1) is 0 Å². The number of benzene rings is 11. The number of hydrogen-bond acceptors (Lipinski definition) is 1. The third-order valence-corrected chi connectivity index (χ3v) is 13.6. The lowest BCUT2D eigenvalue weighted by Crippen LogP contribution is -2.28. The van der Waals surface area contributed by atoms with E-state index in [1.165, 1.54) is 83.1 Å². The van der Waals surface area contributed by atoms with Crippen LogP contribution in [0.2, 0.25) is 0 Å². The minimum atomic E-state index is -0.455. The van der Waals surface area contributed by atoms with E-state index in [1.807, 2.05) is 0 Å². The number of rotatable bonds is 9. The van der Waals surface area contributed by atoms with Gasteiger partial charge in [-0.25, -0.2) is 0 Å². The minimum absolute atomic E-state index is 0.455. The van der Waals surface area contributed by atoms with Crippen LogP contribution in [0.3, 0.4) is 0 Å². The summed E-state index contributed by atoms with van der Waals surface area (Å²) in [6.07, 6.45) is 0. The predicted octanol–water partition coefficient (Wildman–Crippen LogP) is 17.3. The van der Waals surface area contributed by atoms with E-state index >= 15 is 0 Å². The largest absolute Gasteiger partial charge is 0.310 e. The summed E-state index contributed by atoms with van der Waals surface area (Å²) in [7, 11) is 0. The van der Waals surface area contributed by atoms with E-state index < -0.39 is 5.41 Å². The Morgan fingerprint density at radius 3 is 1.38 bits per heavy atom. The first-order valence-electron chi connectivity index (χ1n) is 22.8. The van der Waals surface area contributed by atoms with Gasteiger partial charge in [0.05, 0.1) is 11.1 Å². The van der Waals surface area contributed by atoms with Crippen molar-refractivity contribution < 1.29 is 0 Å². The summed E-state index contributed by atoms with van der Waals surface area (Å²) in [6, 6.07) is 99.9. The molecule has 0 unspecified atom stereocenters. The fraction of sp³-hybridized carbons (Fsp3) is 0.0154. The van der Waals surface area contributed by atoms with Crippen molar-refractivity contribution in [1.29, 1.82) is 0 Å². The summed E-state index contributed by atoms with van der Waals surface area (Å²) in [5, 5.41) is 2.49. The smallest absolute Gasteiger partial charge is 0.0713 e. The molecule has 0 spiro atoms. The second-order valence-electron chi connectivity index (χ2n) is 17.2. The lowest BCUT2D eigenvalue weighted by atomic mass is 9.67. The van der Waals surface area contributed by atoms with Crippen molar-refractivity contribution in [3.8, 4) is 55.6 Å². The Labute approximate surface area is 387 Å².